The minimum atomic E-state index is 0.792. The fourth-order valence-electron chi connectivity index (χ4n) is 2.22. The van der Waals surface area contributed by atoms with Crippen molar-refractivity contribution >= 4 is 23.5 Å². The quantitative estimate of drug-likeness (QED) is 0.307. The van der Waals surface area contributed by atoms with Gasteiger partial charge in [-0.2, -0.15) is 0 Å². The fraction of sp³-hybridized carbons (Fsp3) is 0.200. The molecule has 0 spiro atoms. The van der Waals surface area contributed by atoms with Gasteiger partial charge in [-0.15, -0.1) is 11.8 Å². The van der Waals surface area contributed by atoms with Gasteiger partial charge < -0.3 is 9.47 Å². The third kappa shape index (κ3) is 5.41. The maximum atomic E-state index is 5.19. The second-order valence-electron chi connectivity index (χ2n) is 5.45. The fourth-order valence-corrected chi connectivity index (χ4v) is 3.88. The Kier molecular flexibility index (Phi) is 6.80. The summed E-state index contributed by atoms with van der Waals surface area (Å²) < 4.78 is 10.4. The minimum absolute atomic E-state index is 0.792. The first-order valence-corrected chi connectivity index (χ1v) is 10.1. The predicted molar refractivity (Wildman–Crippen MR) is 107 cm³/mol. The largest absolute Gasteiger partial charge is 0.497 e. The van der Waals surface area contributed by atoms with Crippen LogP contribution in [0.2, 0.25) is 0 Å². The van der Waals surface area contributed by atoms with E-state index >= 15 is 0 Å². The van der Waals surface area contributed by atoms with E-state index in [-0.39, 0.29) is 0 Å². The summed E-state index contributed by atoms with van der Waals surface area (Å²) in [6.07, 6.45) is 1.82. The smallest absolute Gasteiger partial charge is 0.188 e. The molecule has 1 heterocycles. The first-order chi connectivity index (χ1) is 12.8. The Balaban J connectivity index is 1.55. The van der Waals surface area contributed by atoms with E-state index < -0.39 is 0 Å². The van der Waals surface area contributed by atoms with Crippen LogP contribution in [0, 0.1) is 0 Å². The van der Waals surface area contributed by atoms with Crippen molar-refractivity contribution < 1.29 is 9.47 Å². The molecular formula is C20H20N2O2S2. The Labute approximate surface area is 162 Å². The zero-order chi connectivity index (χ0) is 18.2. The van der Waals surface area contributed by atoms with Crippen LogP contribution in [0.3, 0.4) is 0 Å². The molecule has 0 bridgehead atoms. The molecule has 0 amide bonds. The van der Waals surface area contributed by atoms with E-state index in [2.05, 4.69) is 34.2 Å². The number of methoxy groups -OCH3 is 2. The number of ether oxygens (including phenoxy) is 2. The van der Waals surface area contributed by atoms with E-state index in [1.54, 1.807) is 37.7 Å². The van der Waals surface area contributed by atoms with Gasteiger partial charge >= 0.3 is 0 Å². The Morgan fingerprint density at radius 1 is 0.731 bits per heavy atom. The second kappa shape index (κ2) is 9.50. The third-order valence-electron chi connectivity index (χ3n) is 3.68. The topological polar surface area (TPSA) is 44.2 Å². The molecular weight excluding hydrogens is 364 g/mol. The summed E-state index contributed by atoms with van der Waals surface area (Å²) in [6.45, 7) is 0. The molecule has 2 aromatic carbocycles. The van der Waals surface area contributed by atoms with E-state index in [1.165, 1.54) is 11.1 Å². The van der Waals surface area contributed by atoms with Gasteiger partial charge in [0.15, 0.2) is 5.16 Å². The highest BCUT2D eigenvalue weighted by Gasteiger charge is 2.04. The average Bonchev–Trinajstić information content (AvgIpc) is 2.72. The van der Waals surface area contributed by atoms with Gasteiger partial charge in [-0.25, -0.2) is 9.97 Å². The van der Waals surface area contributed by atoms with Crippen LogP contribution in [0.15, 0.2) is 71.0 Å². The Hall–Kier alpha value is -2.18. The Bertz CT molecular complexity index is 757. The molecule has 134 valence electrons. The lowest BCUT2D eigenvalue weighted by molar-refractivity contribution is 0.414. The van der Waals surface area contributed by atoms with Gasteiger partial charge in [-0.1, -0.05) is 36.0 Å². The second-order valence-corrected chi connectivity index (χ2v) is 7.39. The molecule has 0 fully saturated rings. The van der Waals surface area contributed by atoms with Crippen molar-refractivity contribution in [2.24, 2.45) is 0 Å². The minimum Gasteiger partial charge on any atom is -0.497 e. The highest BCUT2D eigenvalue weighted by Crippen LogP contribution is 2.25. The van der Waals surface area contributed by atoms with Gasteiger partial charge in [0.2, 0.25) is 0 Å². The van der Waals surface area contributed by atoms with Gasteiger partial charge in [-0.3, -0.25) is 0 Å². The highest BCUT2D eigenvalue weighted by atomic mass is 32.2. The zero-order valence-corrected chi connectivity index (χ0v) is 16.3. The van der Waals surface area contributed by atoms with Gasteiger partial charge in [-0.05, 0) is 41.5 Å². The maximum Gasteiger partial charge on any atom is 0.188 e. The van der Waals surface area contributed by atoms with Crippen LogP contribution >= 0.6 is 23.5 Å². The number of hydrogen-bond donors (Lipinski definition) is 0. The number of rotatable bonds is 8. The molecule has 0 saturated carbocycles. The average molecular weight is 385 g/mol. The molecule has 26 heavy (non-hydrogen) atoms. The van der Waals surface area contributed by atoms with E-state index in [9.17, 15) is 0 Å². The number of hydrogen-bond acceptors (Lipinski definition) is 6. The van der Waals surface area contributed by atoms with Crippen molar-refractivity contribution in [3.05, 3.63) is 71.9 Å². The van der Waals surface area contributed by atoms with Crippen molar-refractivity contribution in [1.82, 2.24) is 9.97 Å². The molecule has 1 aromatic heterocycles. The van der Waals surface area contributed by atoms with Crippen LogP contribution < -0.4 is 9.47 Å². The van der Waals surface area contributed by atoms with Gasteiger partial charge in [0, 0.05) is 17.7 Å². The molecule has 0 aliphatic heterocycles. The van der Waals surface area contributed by atoms with E-state index in [1.807, 2.05) is 36.5 Å². The molecule has 0 aliphatic rings. The van der Waals surface area contributed by atoms with E-state index in [0.717, 1.165) is 33.2 Å². The van der Waals surface area contributed by atoms with Crippen molar-refractivity contribution in [3.63, 3.8) is 0 Å². The molecule has 4 nitrogen and oxygen atoms in total. The molecule has 3 rings (SSSR count). The standard InChI is InChI=1S/C20H20N2O2S2/c1-23-17-7-3-15(4-8-17)13-25-19-11-12-21-20(22-19)26-14-16-5-9-18(24-2)10-6-16/h3-12H,13-14H2,1-2H3. The summed E-state index contributed by atoms with van der Waals surface area (Å²) >= 11 is 3.34. The Morgan fingerprint density at radius 2 is 1.27 bits per heavy atom. The van der Waals surface area contributed by atoms with Crippen LogP contribution in [0.5, 0.6) is 11.5 Å². The summed E-state index contributed by atoms with van der Waals surface area (Å²) in [5.41, 5.74) is 2.46. The van der Waals surface area contributed by atoms with Crippen molar-refractivity contribution in [2.45, 2.75) is 21.7 Å². The van der Waals surface area contributed by atoms with Gasteiger partial charge in [0.05, 0.1) is 14.2 Å². The van der Waals surface area contributed by atoms with Crippen molar-refractivity contribution in [1.29, 1.82) is 0 Å². The molecule has 0 saturated heterocycles. The summed E-state index contributed by atoms with van der Waals surface area (Å²) in [5.74, 6) is 3.44. The molecule has 0 N–H and O–H groups in total. The molecule has 6 heteroatoms. The lowest BCUT2D eigenvalue weighted by Crippen LogP contribution is -1.90. The first-order valence-electron chi connectivity index (χ1n) is 8.11. The molecule has 0 aliphatic carbocycles. The SMILES string of the molecule is COc1ccc(CSc2ccnc(SCc3ccc(OC)cc3)n2)cc1. The normalized spacial score (nSPS) is 10.5. The van der Waals surface area contributed by atoms with Crippen LogP contribution in [0.25, 0.3) is 0 Å². The molecule has 0 atom stereocenters. The van der Waals surface area contributed by atoms with E-state index in [0.29, 0.717) is 0 Å². The lowest BCUT2D eigenvalue weighted by atomic mass is 10.2. The predicted octanol–water partition coefficient (Wildman–Crippen LogP) is 5.08. The monoisotopic (exact) mass is 384 g/mol. The molecule has 3 aromatic rings. The van der Waals surface area contributed by atoms with Crippen LogP contribution in [0.1, 0.15) is 11.1 Å². The van der Waals surface area contributed by atoms with Crippen molar-refractivity contribution in [3.8, 4) is 11.5 Å². The van der Waals surface area contributed by atoms with Gasteiger partial charge in [0.1, 0.15) is 16.5 Å². The highest BCUT2D eigenvalue weighted by molar-refractivity contribution is 7.99. The number of nitrogens with zero attached hydrogens (tertiary/aromatic N) is 2. The zero-order valence-electron chi connectivity index (χ0n) is 14.7. The van der Waals surface area contributed by atoms with Crippen molar-refractivity contribution in [2.75, 3.05) is 14.2 Å². The number of benzene rings is 2. The number of aromatic nitrogens is 2. The molecule has 0 radical (unpaired) electrons. The summed E-state index contributed by atoms with van der Waals surface area (Å²) in [4.78, 5) is 9.00. The first kappa shape index (κ1) is 18.6. The third-order valence-corrected chi connectivity index (χ3v) is 5.61. The number of thioether (sulfide) groups is 2. The maximum absolute atomic E-state index is 5.19. The summed E-state index contributed by atoms with van der Waals surface area (Å²) in [7, 11) is 3.35. The van der Waals surface area contributed by atoms with Crippen LogP contribution in [-0.2, 0) is 11.5 Å². The van der Waals surface area contributed by atoms with Crippen LogP contribution in [-0.4, -0.2) is 24.2 Å². The van der Waals surface area contributed by atoms with E-state index in [4.69, 9.17) is 9.47 Å². The van der Waals surface area contributed by atoms with Gasteiger partial charge in [0.25, 0.3) is 0 Å². The van der Waals surface area contributed by atoms with Crippen LogP contribution in [0.4, 0.5) is 0 Å². The summed E-state index contributed by atoms with van der Waals surface area (Å²) in [5, 5.41) is 1.77. The molecule has 0 unspecified atom stereocenters. The Morgan fingerprint density at radius 3 is 1.81 bits per heavy atom. The lowest BCUT2D eigenvalue weighted by Gasteiger charge is -2.05. The summed E-state index contributed by atoms with van der Waals surface area (Å²) in [6, 6.07) is 18.1.